The van der Waals surface area contributed by atoms with E-state index < -0.39 is 8.56 Å². The van der Waals surface area contributed by atoms with Crippen LogP contribution < -0.4 is 0 Å². The third-order valence-corrected chi connectivity index (χ3v) is 5.17. The van der Waals surface area contributed by atoms with Crippen LogP contribution in [0.1, 0.15) is 52.9 Å². The van der Waals surface area contributed by atoms with Gasteiger partial charge >= 0.3 is 8.56 Å². The molecule has 0 amide bonds. The van der Waals surface area contributed by atoms with Crippen molar-refractivity contribution in [3.8, 4) is 0 Å². The third kappa shape index (κ3) is 7.20. The molecule has 0 saturated carbocycles. The molecule has 0 aliphatic carbocycles. The van der Waals surface area contributed by atoms with Crippen molar-refractivity contribution in [2.45, 2.75) is 65.5 Å². The number of rotatable bonds is 10. The zero-order chi connectivity index (χ0) is 12.4. The maximum Gasteiger partial charge on any atom is 0.361 e. The van der Waals surface area contributed by atoms with Gasteiger partial charge in [0.1, 0.15) is 0 Å². The van der Waals surface area contributed by atoms with Crippen LogP contribution in [0.25, 0.3) is 0 Å². The zero-order valence-electron chi connectivity index (χ0n) is 11.4. The standard InChI is InChI=1S/C13H28O2Si/c1-6-9-10-11-12-13(4)15-16(5,8-3)14-7-2/h8,13H,3,6-7,9-12H2,1-2,4-5H3. The van der Waals surface area contributed by atoms with Crippen LogP contribution in [-0.2, 0) is 8.85 Å². The van der Waals surface area contributed by atoms with E-state index in [1.807, 2.05) is 12.6 Å². The molecule has 0 aromatic carbocycles. The smallest absolute Gasteiger partial charge is 0.361 e. The minimum atomic E-state index is -2.09. The summed E-state index contributed by atoms with van der Waals surface area (Å²) < 4.78 is 11.7. The van der Waals surface area contributed by atoms with Crippen molar-refractivity contribution in [2.75, 3.05) is 6.61 Å². The lowest BCUT2D eigenvalue weighted by Gasteiger charge is -2.27. The van der Waals surface area contributed by atoms with Gasteiger partial charge < -0.3 is 8.85 Å². The Morgan fingerprint density at radius 1 is 1.25 bits per heavy atom. The van der Waals surface area contributed by atoms with E-state index in [1.54, 1.807) is 0 Å². The van der Waals surface area contributed by atoms with Crippen molar-refractivity contribution < 1.29 is 8.85 Å². The molecule has 0 saturated heterocycles. The number of hydrogen-bond donors (Lipinski definition) is 0. The minimum absolute atomic E-state index is 0.290. The summed E-state index contributed by atoms with van der Waals surface area (Å²) >= 11 is 0. The molecule has 0 heterocycles. The average molecular weight is 244 g/mol. The topological polar surface area (TPSA) is 18.5 Å². The Labute approximate surface area is 102 Å². The third-order valence-electron chi connectivity index (χ3n) is 2.70. The van der Waals surface area contributed by atoms with Crippen LogP contribution in [0.15, 0.2) is 12.3 Å². The summed E-state index contributed by atoms with van der Waals surface area (Å²) in [5.41, 5.74) is 1.87. The normalized spacial score (nSPS) is 16.8. The van der Waals surface area contributed by atoms with E-state index in [4.69, 9.17) is 8.85 Å². The summed E-state index contributed by atoms with van der Waals surface area (Å²) in [6.07, 6.45) is 6.59. The van der Waals surface area contributed by atoms with Gasteiger partial charge in [-0.3, -0.25) is 0 Å². The SMILES string of the molecule is C=C[Si](C)(OCC)OC(C)CCCCCC. The van der Waals surface area contributed by atoms with Crippen molar-refractivity contribution in [3.63, 3.8) is 0 Å². The van der Waals surface area contributed by atoms with Crippen LogP contribution in [-0.4, -0.2) is 21.3 Å². The fourth-order valence-corrected chi connectivity index (χ4v) is 3.52. The zero-order valence-corrected chi connectivity index (χ0v) is 12.4. The molecule has 2 nitrogen and oxygen atoms in total. The van der Waals surface area contributed by atoms with Crippen molar-refractivity contribution in [3.05, 3.63) is 12.3 Å². The van der Waals surface area contributed by atoms with Gasteiger partial charge in [-0.15, -0.1) is 6.58 Å². The summed E-state index contributed by atoms with van der Waals surface area (Å²) in [6, 6.07) is 0. The lowest BCUT2D eigenvalue weighted by molar-refractivity contribution is 0.132. The van der Waals surface area contributed by atoms with E-state index >= 15 is 0 Å². The Bertz CT molecular complexity index is 185. The maximum absolute atomic E-state index is 6.01. The number of hydrogen-bond acceptors (Lipinski definition) is 2. The molecule has 0 aromatic rings. The molecule has 16 heavy (non-hydrogen) atoms. The Balaban J connectivity index is 3.82. The van der Waals surface area contributed by atoms with Gasteiger partial charge in [0, 0.05) is 12.7 Å². The van der Waals surface area contributed by atoms with Crippen LogP contribution in [0, 0.1) is 0 Å². The largest absolute Gasteiger partial charge is 0.392 e. The Morgan fingerprint density at radius 3 is 2.44 bits per heavy atom. The highest BCUT2D eigenvalue weighted by molar-refractivity contribution is 6.71. The van der Waals surface area contributed by atoms with Gasteiger partial charge in [-0.05, 0) is 32.5 Å². The summed E-state index contributed by atoms with van der Waals surface area (Å²) in [6.45, 7) is 13.0. The van der Waals surface area contributed by atoms with Crippen LogP contribution in [0.5, 0.6) is 0 Å². The summed E-state index contributed by atoms with van der Waals surface area (Å²) in [4.78, 5) is 0. The fraction of sp³-hybridized carbons (Fsp3) is 0.846. The molecule has 0 radical (unpaired) electrons. The summed E-state index contributed by atoms with van der Waals surface area (Å²) in [5, 5.41) is 0. The average Bonchev–Trinajstić information content (AvgIpc) is 2.25. The van der Waals surface area contributed by atoms with Crippen LogP contribution >= 0.6 is 0 Å². The Kier molecular flexibility index (Phi) is 8.90. The highest BCUT2D eigenvalue weighted by atomic mass is 28.4. The molecular weight excluding hydrogens is 216 g/mol. The predicted molar refractivity (Wildman–Crippen MR) is 72.7 cm³/mol. The van der Waals surface area contributed by atoms with Gasteiger partial charge in [0.15, 0.2) is 0 Å². The second-order valence-corrected chi connectivity index (χ2v) is 7.40. The molecule has 96 valence electrons. The van der Waals surface area contributed by atoms with Crippen LogP contribution in [0.4, 0.5) is 0 Å². The first-order valence-electron chi connectivity index (χ1n) is 6.53. The second kappa shape index (κ2) is 8.96. The van der Waals surface area contributed by atoms with Crippen molar-refractivity contribution in [1.29, 1.82) is 0 Å². The molecule has 0 fully saturated rings. The molecule has 0 aliphatic heterocycles. The Morgan fingerprint density at radius 2 is 1.94 bits per heavy atom. The highest BCUT2D eigenvalue weighted by Crippen LogP contribution is 2.15. The molecule has 3 heteroatoms. The fourth-order valence-electron chi connectivity index (χ4n) is 1.74. The van der Waals surface area contributed by atoms with E-state index in [-0.39, 0.29) is 6.10 Å². The molecule has 2 unspecified atom stereocenters. The molecule has 2 atom stereocenters. The van der Waals surface area contributed by atoms with Gasteiger partial charge in [-0.1, -0.05) is 32.6 Å². The quantitative estimate of drug-likeness (QED) is 0.424. The van der Waals surface area contributed by atoms with Gasteiger partial charge in [-0.25, -0.2) is 0 Å². The molecule has 0 aromatic heterocycles. The van der Waals surface area contributed by atoms with Gasteiger partial charge in [0.2, 0.25) is 0 Å². The van der Waals surface area contributed by atoms with Crippen molar-refractivity contribution >= 4 is 8.56 Å². The second-order valence-electron chi connectivity index (χ2n) is 4.43. The highest BCUT2D eigenvalue weighted by Gasteiger charge is 2.29. The van der Waals surface area contributed by atoms with Crippen molar-refractivity contribution in [1.82, 2.24) is 0 Å². The number of unbranched alkanes of at least 4 members (excludes halogenated alkanes) is 3. The van der Waals surface area contributed by atoms with Gasteiger partial charge in [0.25, 0.3) is 0 Å². The van der Waals surface area contributed by atoms with Gasteiger partial charge in [0.05, 0.1) is 0 Å². The van der Waals surface area contributed by atoms with Crippen LogP contribution in [0.3, 0.4) is 0 Å². The monoisotopic (exact) mass is 244 g/mol. The summed E-state index contributed by atoms with van der Waals surface area (Å²) in [7, 11) is -2.09. The predicted octanol–water partition coefficient (Wildman–Crippen LogP) is 4.20. The van der Waals surface area contributed by atoms with Gasteiger partial charge in [-0.2, -0.15) is 0 Å². The van der Waals surface area contributed by atoms with E-state index in [9.17, 15) is 0 Å². The first kappa shape index (κ1) is 15.9. The van der Waals surface area contributed by atoms with E-state index in [0.717, 1.165) is 6.42 Å². The maximum atomic E-state index is 6.01. The molecule has 0 bridgehead atoms. The Hall–Kier alpha value is -0.123. The van der Waals surface area contributed by atoms with Crippen molar-refractivity contribution in [2.24, 2.45) is 0 Å². The lowest BCUT2D eigenvalue weighted by atomic mass is 10.1. The first-order chi connectivity index (χ1) is 7.58. The minimum Gasteiger partial charge on any atom is -0.392 e. The molecule has 0 aliphatic rings. The lowest BCUT2D eigenvalue weighted by Crippen LogP contribution is -2.39. The molecule has 0 rings (SSSR count). The molecule has 0 N–H and O–H groups in total. The first-order valence-corrected chi connectivity index (χ1v) is 8.92. The van der Waals surface area contributed by atoms with E-state index in [2.05, 4.69) is 27.0 Å². The van der Waals surface area contributed by atoms with E-state index in [0.29, 0.717) is 6.61 Å². The van der Waals surface area contributed by atoms with Crippen LogP contribution in [0.2, 0.25) is 6.55 Å². The summed E-state index contributed by atoms with van der Waals surface area (Å²) in [5.74, 6) is 0. The molecular formula is C13H28O2Si. The van der Waals surface area contributed by atoms with E-state index in [1.165, 1.54) is 25.7 Å². The molecule has 0 spiro atoms.